The standard InChI is InChI=1S/C19H30ClN3O2/c1-2-3-6-19(25)10-14-8-17(9-15(14)11-19)23(20)13-18(24)22-7-4-5-16(22)12-21/h14-17,25H,2-11,13H2,1H3/t14-,15+,16-,17-,19?/m0/s1. The third kappa shape index (κ3) is 4.13. The lowest BCUT2D eigenvalue weighted by molar-refractivity contribution is -0.131. The van der Waals surface area contributed by atoms with Crippen LogP contribution in [0.1, 0.15) is 64.7 Å². The smallest absolute Gasteiger partial charge is 0.239 e. The highest BCUT2D eigenvalue weighted by Gasteiger charge is 2.49. The number of aliphatic hydroxyl groups is 1. The number of amides is 1. The first-order valence-corrected chi connectivity index (χ1v) is 10.1. The molecule has 1 unspecified atom stereocenters. The van der Waals surface area contributed by atoms with Crippen LogP contribution >= 0.6 is 11.8 Å². The van der Waals surface area contributed by atoms with Gasteiger partial charge in [-0.25, -0.2) is 4.42 Å². The van der Waals surface area contributed by atoms with Gasteiger partial charge in [0.15, 0.2) is 0 Å². The summed E-state index contributed by atoms with van der Waals surface area (Å²) >= 11 is 6.46. The minimum atomic E-state index is -0.473. The molecule has 3 rings (SSSR count). The molecule has 140 valence electrons. The molecule has 1 heterocycles. The summed E-state index contributed by atoms with van der Waals surface area (Å²) in [5.41, 5.74) is -0.473. The van der Waals surface area contributed by atoms with Crippen molar-refractivity contribution in [2.75, 3.05) is 13.1 Å². The number of carbonyl (C=O) groups is 1. The average molecular weight is 368 g/mol. The summed E-state index contributed by atoms with van der Waals surface area (Å²) in [5, 5.41) is 19.9. The Balaban J connectivity index is 1.49. The van der Waals surface area contributed by atoms with Gasteiger partial charge in [0.1, 0.15) is 6.04 Å². The molecule has 0 radical (unpaired) electrons. The number of hydrogen-bond acceptors (Lipinski definition) is 4. The van der Waals surface area contributed by atoms with E-state index in [4.69, 9.17) is 17.0 Å². The van der Waals surface area contributed by atoms with Crippen LogP contribution in [0.5, 0.6) is 0 Å². The van der Waals surface area contributed by atoms with E-state index in [1.165, 1.54) is 0 Å². The molecule has 2 saturated carbocycles. The van der Waals surface area contributed by atoms with E-state index in [-0.39, 0.29) is 24.5 Å². The first kappa shape index (κ1) is 18.9. The molecule has 1 N–H and O–H groups in total. The van der Waals surface area contributed by atoms with Gasteiger partial charge in [0, 0.05) is 12.6 Å². The van der Waals surface area contributed by atoms with Gasteiger partial charge in [-0.15, -0.1) is 0 Å². The van der Waals surface area contributed by atoms with Crippen LogP contribution in [0.15, 0.2) is 0 Å². The molecule has 0 aromatic heterocycles. The van der Waals surface area contributed by atoms with Crippen molar-refractivity contribution in [1.82, 2.24) is 9.32 Å². The highest BCUT2D eigenvalue weighted by atomic mass is 35.5. The van der Waals surface area contributed by atoms with Crippen LogP contribution in [0.3, 0.4) is 0 Å². The highest BCUT2D eigenvalue weighted by Crippen LogP contribution is 2.51. The number of nitrogens with zero attached hydrogens (tertiary/aromatic N) is 3. The number of rotatable bonds is 6. The fourth-order valence-electron chi connectivity index (χ4n) is 5.23. The van der Waals surface area contributed by atoms with Crippen LogP contribution in [-0.2, 0) is 4.79 Å². The molecule has 1 saturated heterocycles. The number of carbonyl (C=O) groups excluding carboxylic acids is 1. The topological polar surface area (TPSA) is 67.6 Å². The normalized spacial score (nSPS) is 37.5. The number of halogens is 1. The predicted molar refractivity (Wildman–Crippen MR) is 96.6 cm³/mol. The molecule has 5 nitrogen and oxygen atoms in total. The lowest BCUT2D eigenvalue weighted by atomic mass is 9.91. The molecular formula is C19H30ClN3O2. The lowest BCUT2D eigenvalue weighted by Crippen LogP contribution is -2.42. The second kappa shape index (κ2) is 7.82. The summed E-state index contributed by atoms with van der Waals surface area (Å²) < 4.78 is 1.67. The van der Waals surface area contributed by atoms with Crippen LogP contribution in [0.4, 0.5) is 0 Å². The van der Waals surface area contributed by atoms with Gasteiger partial charge in [0.2, 0.25) is 5.91 Å². The first-order valence-electron chi connectivity index (χ1n) is 9.79. The van der Waals surface area contributed by atoms with Crippen molar-refractivity contribution in [2.24, 2.45) is 11.8 Å². The van der Waals surface area contributed by atoms with Gasteiger partial charge in [-0.2, -0.15) is 5.26 Å². The fraction of sp³-hybridized carbons (Fsp3) is 0.895. The molecule has 2 aliphatic carbocycles. The van der Waals surface area contributed by atoms with E-state index >= 15 is 0 Å². The second-order valence-corrected chi connectivity index (χ2v) is 8.75. The van der Waals surface area contributed by atoms with Gasteiger partial charge < -0.3 is 10.0 Å². The number of fused-ring (bicyclic) bond motifs is 1. The minimum absolute atomic E-state index is 0.0319. The largest absolute Gasteiger partial charge is 0.390 e. The van der Waals surface area contributed by atoms with Crippen molar-refractivity contribution in [3.05, 3.63) is 0 Å². The Morgan fingerprint density at radius 1 is 1.40 bits per heavy atom. The summed E-state index contributed by atoms with van der Waals surface area (Å²) in [6, 6.07) is 2.14. The predicted octanol–water partition coefficient (Wildman–Crippen LogP) is 3.07. The maximum atomic E-state index is 12.5. The maximum Gasteiger partial charge on any atom is 0.239 e. The summed E-state index contributed by atoms with van der Waals surface area (Å²) in [5.74, 6) is 1.03. The van der Waals surface area contributed by atoms with Crippen LogP contribution in [0.25, 0.3) is 0 Å². The zero-order chi connectivity index (χ0) is 18.0. The number of nitriles is 1. The monoisotopic (exact) mass is 367 g/mol. The summed E-state index contributed by atoms with van der Waals surface area (Å²) in [7, 11) is 0. The molecule has 0 spiro atoms. The van der Waals surface area contributed by atoms with Crippen molar-refractivity contribution in [2.45, 2.75) is 82.4 Å². The van der Waals surface area contributed by atoms with E-state index in [0.717, 1.165) is 57.8 Å². The molecule has 1 amide bonds. The van der Waals surface area contributed by atoms with E-state index in [9.17, 15) is 9.90 Å². The number of unbranched alkanes of at least 4 members (excludes halogenated alkanes) is 1. The Hall–Kier alpha value is -0.830. The van der Waals surface area contributed by atoms with E-state index in [1.54, 1.807) is 9.32 Å². The molecule has 3 aliphatic rings. The number of hydrogen-bond donors (Lipinski definition) is 1. The van der Waals surface area contributed by atoms with Crippen LogP contribution in [-0.4, -0.2) is 51.1 Å². The van der Waals surface area contributed by atoms with Crippen LogP contribution < -0.4 is 0 Å². The Kier molecular flexibility index (Phi) is 5.92. The van der Waals surface area contributed by atoms with Crippen molar-refractivity contribution < 1.29 is 9.90 Å². The molecule has 0 bridgehead atoms. The van der Waals surface area contributed by atoms with Gasteiger partial charge in [-0.05, 0) is 68.6 Å². The Bertz CT molecular complexity index is 521. The van der Waals surface area contributed by atoms with Crippen molar-refractivity contribution in [3.63, 3.8) is 0 Å². The SMILES string of the molecule is CCCCC1(O)C[C@H]2C[C@@H](N(Cl)CC(=O)N3CCC[C@H]3C#N)C[C@H]2C1. The minimum Gasteiger partial charge on any atom is -0.390 e. The Morgan fingerprint density at radius 3 is 2.68 bits per heavy atom. The van der Waals surface area contributed by atoms with Gasteiger partial charge in [0.05, 0.1) is 18.2 Å². The summed E-state index contributed by atoms with van der Waals surface area (Å²) in [6.45, 7) is 3.01. The Morgan fingerprint density at radius 2 is 2.08 bits per heavy atom. The van der Waals surface area contributed by atoms with Gasteiger partial charge >= 0.3 is 0 Å². The van der Waals surface area contributed by atoms with Gasteiger partial charge in [-0.3, -0.25) is 4.79 Å². The molecule has 0 aromatic rings. The van der Waals surface area contributed by atoms with Crippen molar-refractivity contribution in [3.8, 4) is 6.07 Å². The third-order valence-electron chi connectivity index (χ3n) is 6.50. The lowest BCUT2D eigenvalue weighted by Gasteiger charge is -2.28. The molecule has 1 aliphatic heterocycles. The zero-order valence-electron chi connectivity index (χ0n) is 15.2. The van der Waals surface area contributed by atoms with E-state index in [1.807, 2.05) is 0 Å². The van der Waals surface area contributed by atoms with Crippen LogP contribution in [0.2, 0.25) is 0 Å². The fourth-order valence-corrected chi connectivity index (χ4v) is 5.49. The van der Waals surface area contributed by atoms with Gasteiger partial charge in [0.25, 0.3) is 0 Å². The highest BCUT2D eigenvalue weighted by molar-refractivity contribution is 6.14. The zero-order valence-corrected chi connectivity index (χ0v) is 15.9. The van der Waals surface area contributed by atoms with E-state index in [2.05, 4.69) is 13.0 Å². The Labute approximate surface area is 156 Å². The third-order valence-corrected chi connectivity index (χ3v) is 6.90. The summed E-state index contributed by atoms with van der Waals surface area (Å²) in [6.07, 6.45) is 8.50. The van der Waals surface area contributed by atoms with Crippen LogP contribution in [0, 0.1) is 23.2 Å². The van der Waals surface area contributed by atoms with E-state index in [0.29, 0.717) is 18.4 Å². The first-order chi connectivity index (χ1) is 12.0. The van der Waals surface area contributed by atoms with Gasteiger partial charge in [-0.1, -0.05) is 19.8 Å². The molecule has 6 heteroatoms. The van der Waals surface area contributed by atoms with Crippen molar-refractivity contribution >= 4 is 17.7 Å². The second-order valence-electron chi connectivity index (χ2n) is 8.31. The number of likely N-dealkylation sites (tertiary alicyclic amines) is 1. The molecule has 3 fully saturated rings. The van der Waals surface area contributed by atoms with Crippen molar-refractivity contribution in [1.29, 1.82) is 5.26 Å². The van der Waals surface area contributed by atoms with E-state index < -0.39 is 5.60 Å². The average Bonchev–Trinajstić information content (AvgIpc) is 3.25. The molecule has 0 aromatic carbocycles. The summed E-state index contributed by atoms with van der Waals surface area (Å²) in [4.78, 5) is 14.1. The quantitative estimate of drug-likeness (QED) is 0.732. The maximum absolute atomic E-state index is 12.5. The molecule has 5 atom stereocenters. The molecule has 25 heavy (non-hydrogen) atoms. The molecular weight excluding hydrogens is 338 g/mol.